The average Bonchev–Trinajstić information content (AvgIpc) is 3.01. The van der Waals surface area contributed by atoms with E-state index in [0.717, 1.165) is 22.5 Å². The van der Waals surface area contributed by atoms with E-state index >= 15 is 0 Å². The number of hydrazone groups is 1. The Hall–Kier alpha value is -2.05. The summed E-state index contributed by atoms with van der Waals surface area (Å²) in [5.41, 5.74) is 3.64. The molecule has 0 aliphatic carbocycles. The summed E-state index contributed by atoms with van der Waals surface area (Å²) in [6.45, 7) is 0. The molecule has 2 aromatic carbocycles. The minimum Gasteiger partial charge on any atom is -0.378 e. The number of benzene rings is 2. The van der Waals surface area contributed by atoms with E-state index in [2.05, 4.69) is 5.10 Å². The third-order valence-corrected chi connectivity index (χ3v) is 5.45. The van der Waals surface area contributed by atoms with Gasteiger partial charge in [-0.25, -0.2) is 8.42 Å². The van der Waals surface area contributed by atoms with Gasteiger partial charge in [-0.15, -0.1) is 0 Å². The van der Waals surface area contributed by atoms with Crippen LogP contribution in [0.1, 0.15) is 23.6 Å². The van der Waals surface area contributed by atoms with E-state index in [-0.39, 0.29) is 6.04 Å². The van der Waals surface area contributed by atoms with Crippen LogP contribution in [0.3, 0.4) is 0 Å². The van der Waals surface area contributed by atoms with Gasteiger partial charge in [-0.2, -0.15) is 9.52 Å². The van der Waals surface area contributed by atoms with Crippen LogP contribution in [0.5, 0.6) is 0 Å². The number of halogens is 1. The second-order valence-electron chi connectivity index (χ2n) is 6.30. The van der Waals surface area contributed by atoms with Gasteiger partial charge in [0.25, 0.3) is 0 Å². The molecule has 1 aliphatic rings. The lowest BCUT2D eigenvalue weighted by atomic mass is 9.99. The Labute approximate surface area is 153 Å². The highest BCUT2D eigenvalue weighted by atomic mass is 35.5. The highest BCUT2D eigenvalue weighted by molar-refractivity contribution is 7.88. The molecule has 1 atom stereocenters. The fraction of sp³-hybridized carbons (Fsp3) is 0.278. The van der Waals surface area contributed by atoms with Gasteiger partial charge in [0.15, 0.2) is 0 Å². The monoisotopic (exact) mass is 377 g/mol. The van der Waals surface area contributed by atoms with Crippen LogP contribution in [0.2, 0.25) is 5.02 Å². The summed E-state index contributed by atoms with van der Waals surface area (Å²) in [5.74, 6) is 0. The summed E-state index contributed by atoms with van der Waals surface area (Å²) in [5, 5.41) is 5.02. The molecule has 7 heteroatoms. The molecule has 1 aliphatic heterocycles. The molecule has 0 aromatic heterocycles. The van der Waals surface area contributed by atoms with Gasteiger partial charge in [0.05, 0.1) is 18.0 Å². The standard InChI is InChI=1S/C18H20ClN3O2S/c1-21(2)16-10-6-13(7-11-16)17-12-18(22(20-17)25(3,23)24)14-4-8-15(19)9-5-14/h4-11,18H,12H2,1-3H3/t18-/m0/s1. The van der Waals surface area contributed by atoms with Crippen LogP contribution < -0.4 is 4.90 Å². The summed E-state index contributed by atoms with van der Waals surface area (Å²) in [6, 6.07) is 14.8. The van der Waals surface area contributed by atoms with Gasteiger partial charge >= 0.3 is 0 Å². The summed E-state index contributed by atoms with van der Waals surface area (Å²) in [6.07, 6.45) is 1.70. The maximum atomic E-state index is 12.2. The lowest BCUT2D eigenvalue weighted by molar-refractivity contribution is 0.375. The van der Waals surface area contributed by atoms with E-state index < -0.39 is 10.0 Å². The van der Waals surface area contributed by atoms with Crippen LogP contribution in [-0.2, 0) is 10.0 Å². The van der Waals surface area contributed by atoms with Crippen LogP contribution in [0.4, 0.5) is 5.69 Å². The number of hydrogen-bond acceptors (Lipinski definition) is 4. The van der Waals surface area contributed by atoms with Crippen LogP contribution in [0.15, 0.2) is 53.6 Å². The largest absolute Gasteiger partial charge is 0.378 e. The summed E-state index contributed by atoms with van der Waals surface area (Å²) >= 11 is 5.95. The first-order valence-electron chi connectivity index (χ1n) is 7.86. The van der Waals surface area contributed by atoms with Crippen molar-refractivity contribution >= 4 is 33.0 Å². The molecular weight excluding hydrogens is 358 g/mol. The minimum absolute atomic E-state index is 0.351. The molecule has 0 saturated heterocycles. The number of rotatable bonds is 4. The number of sulfonamides is 1. The Balaban J connectivity index is 1.95. The summed E-state index contributed by atoms with van der Waals surface area (Å²) in [7, 11) is 0.485. The zero-order valence-corrected chi connectivity index (χ0v) is 15.9. The average molecular weight is 378 g/mol. The van der Waals surface area contributed by atoms with E-state index in [4.69, 9.17) is 11.6 Å². The Bertz CT molecular complexity index is 891. The lowest BCUT2D eigenvalue weighted by Crippen LogP contribution is -2.25. The van der Waals surface area contributed by atoms with Crippen LogP contribution in [0.25, 0.3) is 0 Å². The number of nitrogens with zero attached hydrogens (tertiary/aromatic N) is 3. The van der Waals surface area contributed by atoms with Crippen molar-refractivity contribution in [2.24, 2.45) is 5.10 Å². The number of anilines is 1. The van der Waals surface area contributed by atoms with Gasteiger partial charge in [0.1, 0.15) is 0 Å². The summed E-state index contributed by atoms with van der Waals surface area (Å²) < 4.78 is 25.6. The molecule has 132 valence electrons. The molecule has 0 radical (unpaired) electrons. The Morgan fingerprint density at radius 3 is 2.20 bits per heavy atom. The van der Waals surface area contributed by atoms with E-state index in [1.807, 2.05) is 55.4 Å². The highest BCUT2D eigenvalue weighted by Gasteiger charge is 2.34. The molecule has 0 N–H and O–H groups in total. The van der Waals surface area contributed by atoms with Crippen LogP contribution >= 0.6 is 11.6 Å². The van der Waals surface area contributed by atoms with Gasteiger partial charge in [-0.3, -0.25) is 0 Å². The Kier molecular flexibility index (Phi) is 4.75. The van der Waals surface area contributed by atoms with E-state index in [1.54, 1.807) is 12.1 Å². The SMILES string of the molecule is CN(C)c1ccc(C2=NN(S(C)(=O)=O)[C@H](c3ccc(Cl)cc3)C2)cc1. The molecule has 0 saturated carbocycles. The predicted octanol–water partition coefficient (Wildman–Crippen LogP) is 3.52. The first-order valence-corrected chi connectivity index (χ1v) is 10.1. The highest BCUT2D eigenvalue weighted by Crippen LogP contribution is 2.35. The topological polar surface area (TPSA) is 53.0 Å². The van der Waals surface area contributed by atoms with Crippen molar-refractivity contribution in [3.63, 3.8) is 0 Å². The van der Waals surface area contributed by atoms with Gasteiger partial charge in [0.2, 0.25) is 10.0 Å². The predicted molar refractivity (Wildman–Crippen MR) is 103 cm³/mol. The van der Waals surface area contributed by atoms with Gasteiger partial charge in [-0.1, -0.05) is 35.9 Å². The van der Waals surface area contributed by atoms with Crippen LogP contribution in [0, 0.1) is 0 Å². The lowest BCUT2D eigenvalue weighted by Gasteiger charge is -2.21. The second kappa shape index (κ2) is 6.69. The van der Waals surface area contributed by atoms with Crippen molar-refractivity contribution in [2.75, 3.05) is 25.3 Å². The van der Waals surface area contributed by atoms with Crippen molar-refractivity contribution in [2.45, 2.75) is 12.5 Å². The molecular formula is C18H20ClN3O2S. The molecule has 1 heterocycles. The molecule has 0 unspecified atom stereocenters. The van der Waals surface area contributed by atoms with Gasteiger partial charge in [-0.05, 0) is 35.4 Å². The van der Waals surface area contributed by atoms with Gasteiger partial charge in [0, 0.05) is 31.2 Å². The third kappa shape index (κ3) is 3.80. The number of hydrogen-bond donors (Lipinski definition) is 0. The van der Waals surface area contributed by atoms with Crippen molar-refractivity contribution in [1.29, 1.82) is 0 Å². The smallest absolute Gasteiger partial charge is 0.247 e. The third-order valence-electron chi connectivity index (χ3n) is 4.18. The first-order chi connectivity index (χ1) is 11.8. The minimum atomic E-state index is -3.47. The van der Waals surface area contributed by atoms with E-state index in [0.29, 0.717) is 11.4 Å². The zero-order valence-electron chi connectivity index (χ0n) is 14.3. The maximum absolute atomic E-state index is 12.2. The fourth-order valence-corrected chi connectivity index (χ4v) is 3.89. The van der Waals surface area contributed by atoms with Crippen molar-refractivity contribution < 1.29 is 8.42 Å². The fourth-order valence-electron chi connectivity index (χ4n) is 2.85. The molecule has 0 spiro atoms. The molecule has 3 rings (SSSR count). The quantitative estimate of drug-likeness (QED) is 0.819. The molecule has 2 aromatic rings. The molecule has 0 bridgehead atoms. The van der Waals surface area contributed by atoms with Crippen molar-refractivity contribution in [3.05, 3.63) is 64.7 Å². The van der Waals surface area contributed by atoms with Crippen LogP contribution in [-0.4, -0.2) is 38.9 Å². The molecule has 25 heavy (non-hydrogen) atoms. The van der Waals surface area contributed by atoms with Gasteiger partial charge < -0.3 is 4.90 Å². The molecule has 0 amide bonds. The zero-order chi connectivity index (χ0) is 18.2. The van der Waals surface area contributed by atoms with Crippen molar-refractivity contribution in [1.82, 2.24) is 4.41 Å². The second-order valence-corrected chi connectivity index (χ2v) is 8.57. The molecule has 5 nitrogen and oxygen atoms in total. The summed E-state index contributed by atoms with van der Waals surface area (Å²) in [4.78, 5) is 2.01. The van der Waals surface area contributed by atoms with E-state index in [1.165, 1.54) is 10.7 Å². The maximum Gasteiger partial charge on any atom is 0.247 e. The van der Waals surface area contributed by atoms with Crippen molar-refractivity contribution in [3.8, 4) is 0 Å². The Morgan fingerprint density at radius 1 is 1.08 bits per heavy atom. The molecule has 0 fully saturated rings. The Morgan fingerprint density at radius 2 is 1.68 bits per heavy atom. The first kappa shape index (κ1) is 17.8. The van der Waals surface area contributed by atoms with E-state index in [9.17, 15) is 8.42 Å². The normalized spacial score (nSPS) is 17.5.